The maximum atomic E-state index is 5.52. The van der Waals surface area contributed by atoms with Gasteiger partial charge in [0.1, 0.15) is 0 Å². The van der Waals surface area contributed by atoms with Crippen molar-refractivity contribution in [3.63, 3.8) is 0 Å². The van der Waals surface area contributed by atoms with Crippen LogP contribution in [0.1, 0.15) is 57.2 Å². The summed E-state index contributed by atoms with van der Waals surface area (Å²) in [6.07, 6.45) is 7.08. The number of ether oxygens (including phenoxy) is 1. The Kier molecular flexibility index (Phi) is 6.46. The summed E-state index contributed by atoms with van der Waals surface area (Å²) in [6.45, 7) is 9.65. The number of methoxy groups -OCH3 is 1. The van der Waals surface area contributed by atoms with Crippen molar-refractivity contribution in [2.45, 2.75) is 58.6 Å². The molecule has 0 aromatic carbocycles. The van der Waals surface area contributed by atoms with Crippen LogP contribution in [0.4, 0.5) is 0 Å². The third-order valence-corrected chi connectivity index (χ3v) is 3.67. The van der Waals surface area contributed by atoms with Crippen LogP contribution in [0.5, 0.6) is 0 Å². The SMILES string of the molecule is CCCNC(CCC(C)(C)OC)c1ccncc1C. The molecule has 0 fully saturated rings. The average molecular weight is 264 g/mol. The van der Waals surface area contributed by atoms with Gasteiger partial charge in [0.15, 0.2) is 0 Å². The summed E-state index contributed by atoms with van der Waals surface area (Å²) >= 11 is 0. The van der Waals surface area contributed by atoms with Crippen LogP contribution >= 0.6 is 0 Å². The van der Waals surface area contributed by atoms with Crippen molar-refractivity contribution in [3.8, 4) is 0 Å². The first-order valence-electron chi connectivity index (χ1n) is 7.19. The van der Waals surface area contributed by atoms with E-state index in [1.54, 1.807) is 7.11 Å². The van der Waals surface area contributed by atoms with Gasteiger partial charge in [0.2, 0.25) is 0 Å². The van der Waals surface area contributed by atoms with Gasteiger partial charge in [-0.05, 0) is 63.8 Å². The number of rotatable bonds is 8. The zero-order chi connectivity index (χ0) is 14.3. The smallest absolute Gasteiger partial charge is 0.0623 e. The number of hydrogen-bond acceptors (Lipinski definition) is 3. The van der Waals surface area contributed by atoms with E-state index < -0.39 is 0 Å². The van der Waals surface area contributed by atoms with Crippen LogP contribution in [0.2, 0.25) is 0 Å². The van der Waals surface area contributed by atoms with Gasteiger partial charge in [-0.25, -0.2) is 0 Å². The standard InChI is InChI=1S/C16H28N2O/c1-6-10-18-15(7-9-16(3,4)19-5)14-8-11-17-12-13(14)2/h8,11-12,15,18H,6-7,9-10H2,1-5H3. The minimum absolute atomic E-state index is 0.0624. The van der Waals surface area contributed by atoms with Crippen LogP contribution in [0.15, 0.2) is 18.5 Å². The van der Waals surface area contributed by atoms with E-state index in [4.69, 9.17) is 4.74 Å². The van der Waals surface area contributed by atoms with Crippen molar-refractivity contribution < 1.29 is 4.74 Å². The van der Waals surface area contributed by atoms with Crippen molar-refractivity contribution >= 4 is 0 Å². The monoisotopic (exact) mass is 264 g/mol. The second-order valence-corrected chi connectivity index (χ2v) is 5.74. The van der Waals surface area contributed by atoms with E-state index in [1.165, 1.54) is 11.1 Å². The highest BCUT2D eigenvalue weighted by molar-refractivity contribution is 5.25. The Hall–Kier alpha value is -0.930. The minimum atomic E-state index is -0.0624. The molecule has 108 valence electrons. The first-order chi connectivity index (χ1) is 9.00. The molecule has 3 nitrogen and oxygen atoms in total. The van der Waals surface area contributed by atoms with E-state index in [9.17, 15) is 0 Å². The third kappa shape index (κ3) is 5.29. The summed E-state index contributed by atoms with van der Waals surface area (Å²) in [7, 11) is 1.78. The Bertz CT molecular complexity index is 377. The topological polar surface area (TPSA) is 34.1 Å². The summed E-state index contributed by atoms with van der Waals surface area (Å²) < 4.78 is 5.52. The molecule has 0 radical (unpaired) electrons. The predicted molar refractivity (Wildman–Crippen MR) is 80.3 cm³/mol. The van der Waals surface area contributed by atoms with Gasteiger partial charge in [0.05, 0.1) is 5.60 Å². The molecule has 1 aromatic heterocycles. The van der Waals surface area contributed by atoms with E-state index in [1.807, 2.05) is 12.4 Å². The molecule has 0 aliphatic rings. The van der Waals surface area contributed by atoms with E-state index in [2.05, 4.69) is 44.1 Å². The molecular formula is C16H28N2O. The molecule has 0 saturated carbocycles. The Balaban J connectivity index is 2.75. The maximum absolute atomic E-state index is 5.52. The second-order valence-electron chi connectivity index (χ2n) is 5.74. The van der Waals surface area contributed by atoms with Crippen LogP contribution < -0.4 is 5.32 Å². The van der Waals surface area contributed by atoms with Gasteiger partial charge in [-0.1, -0.05) is 6.92 Å². The number of hydrogen-bond donors (Lipinski definition) is 1. The number of aryl methyl sites for hydroxylation is 1. The molecule has 1 rings (SSSR count). The lowest BCUT2D eigenvalue weighted by molar-refractivity contribution is 0.0116. The highest BCUT2D eigenvalue weighted by Crippen LogP contribution is 2.26. The largest absolute Gasteiger partial charge is 0.379 e. The van der Waals surface area contributed by atoms with Gasteiger partial charge < -0.3 is 10.1 Å². The molecule has 1 unspecified atom stereocenters. The summed E-state index contributed by atoms with van der Waals surface area (Å²) in [5, 5.41) is 3.64. The fourth-order valence-electron chi connectivity index (χ4n) is 2.16. The molecule has 0 aliphatic carbocycles. The predicted octanol–water partition coefficient (Wildman–Crippen LogP) is 3.64. The molecule has 1 heterocycles. The lowest BCUT2D eigenvalue weighted by Gasteiger charge is -2.27. The van der Waals surface area contributed by atoms with Crippen LogP contribution in [-0.2, 0) is 4.74 Å². The Labute approximate surface area is 117 Å². The fraction of sp³-hybridized carbons (Fsp3) is 0.688. The first-order valence-corrected chi connectivity index (χ1v) is 7.19. The average Bonchev–Trinajstić information content (AvgIpc) is 2.40. The first kappa shape index (κ1) is 16.1. The minimum Gasteiger partial charge on any atom is -0.379 e. The Morgan fingerprint density at radius 2 is 2.16 bits per heavy atom. The second kappa shape index (κ2) is 7.61. The molecule has 19 heavy (non-hydrogen) atoms. The Morgan fingerprint density at radius 3 is 2.74 bits per heavy atom. The number of nitrogens with zero attached hydrogens (tertiary/aromatic N) is 1. The van der Waals surface area contributed by atoms with E-state index in [-0.39, 0.29) is 5.60 Å². The van der Waals surface area contributed by atoms with Gasteiger partial charge in [0.25, 0.3) is 0 Å². The number of pyridine rings is 1. The maximum Gasteiger partial charge on any atom is 0.0623 e. The van der Waals surface area contributed by atoms with Gasteiger partial charge >= 0.3 is 0 Å². The molecule has 0 amide bonds. The van der Waals surface area contributed by atoms with Gasteiger partial charge in [0, 0.05) is 25.5 Å². The number of nitrogens with one attached hydrogen (secondary N) is 1. The molecule has 1 aromatic rings. The zero-order valence-corrected chi connectivity index (χ0v) is 13.0. The lowest BCUT2D eigenvalue weighted by atomic mass is 9.93. The van der Waals surface area contributed by atoms with E-state index in [0.29, 0.717) is 6.04 Å². The van der Waals surface area contributed by atoms with Crippen molar-refractivity contribution in [2.24, 2.45) is 0 Å². The molecule has 1 N–H and O–H groups in total. The summed E-state index contributed by atoms with van der Waals surface area (Å²) in [6, 6.07) is 2.51. The highest BCUT2D eigenvalue weighted by Gasteiger charge is 2.20. The Morgan fingerprint density at radius 1 is 1.42 bits per heavy atom. The molecule has 1 atom stereocenters. The molecule has 3 heteroatoms. The zero-order valence-electron chi connectivity index (χ0n) is 13.0. The van der Waals surface area contributed by atoms with E-state index >= 15 is 0 Å². The van der Waals surface area contributed by atoms with Crippen molar-refractivity contribution in [3.05, 3.63) is 29.6 Å². The molecule has 0 aliphatic heterocycles. The fourth-order valence-corrected chi connectivity index (χ4v) is 2.16. The summed E-state index contributed by atoms with van der Waals surface area (Å²) in [5.74, 6) is 0. The molecule has 0 spiro atoms. The molecular weight excluding hydrogens is 236 g/mol. The van der Waals surface area contributed by atoms with Crippen molar-refractivity contribution in [1.82, 2.24) is 10.3 Å². The molecule has 0 bridgehead atoms. The summed E-state index contributed by atoms with van der Waals surface area (Å²) in [4.78, 5) is 4.18. The van der Waals surface area contributed by atoms with Gasteiger partial charge in [-0.15, -0.1) is 0 Å². The van der Waals surface area contributed by atoms with Gasteiger partial charge in [-0.3, -0.25) is 4.98 Å². The quantitative estimate of drug-likeness (QED) is 0.778. The van der Waals surface area contributed by atoms with Crippen LogP contribution in [-0.4, -0.2) is 24.2 Å². The van der Waals surface area contributed by atoms with Crippen LogP contribution in [0.25, 0.3) is 0 Å². The van der Waals surface area contributed by atoms with Crippen molar-refractivity contribution in [1.29, 1.82) is 0 Å². The van der Waals surface area contributed by atoms with E-state index in [0.717, 1.165) is 25.8 Å². The normalized spacial score (nSPS) is 13.5. The van der Waals surface area contributed by atoms with Gasteiger partial charge in [-0.2, -0.15) is 0 Å². The lowest BCUT2D eigenvalue weighted by Crippen LogP contribution is -2.28. The van der Waals surface area contributed by atoms with Crippen molar-refractivity contribution in [2.75, 3.05) is 13.7 Å². The summed E-state index contributed by atoms with van der Waals surface area (Å²) in [5.41, 5.74) is 2.55. The molecule has 0 saturated heterocycles. The number of aromatic nitrogens is 1. The van der Waals surface area contributed by atoms with Crippen LogP contribution in [0.3, 0.4) is 0 Å². The highest BCUT2D eigenvalue weighted by atomic mass is 16.5. The third-order valence-electron chi connectivity index (χ3n) is 3.67. The van der Waals surface area contributed by atoms with Crippen LogP contribution in [0, 0.1) is 6.92 Å².